The van der Waals surface area contributed by atoms with Crippen LogP contribution in [0.25, 0.3) is 0 Å². The summed E-state index contributed by atoms with van der Waals surface area (Å²) in [5, 5.41) is 10.2. The molecule has 35 heavy (non-hydrogen) atoms. The number of aliphatic imine (C=N–C) groups is 1. The molecule has 0 fully saturated rings. The topological polar surface area (TPSA) is 94.4 Å². The molecular formula is C28H31NO6. The van der Waals surface area contributed by atoms with Crippen LogP contribution in [0.15, 0.2) is 58.7 Å². The number of rotatable bonds is 7. The average molecular weight is 478 g/mol. The second-order valence-corrected chi connectivity index (χ2v) is 8.97. The third-order valence-electron chi connectivity index (χ3n) is 6.70. The van der Waals surface area contributed by atoms with Crippen LogP contribution in [0.1, 0.15) is 56.1 Å². The first-order valence-corrected chi connectivity index (χ1v) is 11.9. The van der Waals surface area contributed by atoms with Crippen LogP contribution in [-0.4, -0.2) is 43.4 Å². The molecule has 0 saturated heterocycles. The van der Waals surface area contributed by atoms with Gasteiger partial charge in [-0.05, 0) is 61.1 Å². The minimum Gasteiger partial charge on any atom is -0.508 e. The number of aromatic hydroxyl groups is 1. The fraction of sp³-hybridized carbons (Fsp3) is 0.393. The molecule has 184 valence electrons. The third-order valence-corrected chi connectivity index (χ3v) is 6.70. The van der Waals surface area contributed by atoms with Crippen LogP contribution >= 0.6 is 0 Å². The first-order valence-electron chi connectivity index (χ1n) is 11.9. The quantitative estimate of drug-likeness (QED) is 0.568. The fourth-order valence-electron chi connectivity index (χ4n) is 5.08. The first-order chi connectivity index (χ1) is 16.9. The molecule has 0 saturated carbocycles. The maximum absolute atomic E-state index is 13.6. The Morgan fingerprint density at radius 3 is 2.51 bits per heavy atom. The normalized spacial score (nSPS) is 21.8. The highest BCUT2D eigenvalue weighted by molar-refractivity contribution is 6.09. The van der Waals surface area contributed by atoms with Gasteiger partial charge in [-0.2, -0.15) is 0 Å². The van der Waals surface area contributed by atoms with Crippen LogP contribution in [0.5, 0.6) is 17.2 Å². The first kappa shape index (κ1) is 24.5. The van der Waals surface area contributed by atoms with E-state index in [0.29, 0.717) is 53.5 Å². The fourth-order valence-corrected chi connectivity index (χ4v) is 5.08. The summed E-state index contributed by atoms with van der Waals surface area (Å²) in [6.07, 6.45) is 1.54. The zero-order valence-electron chi connectivity index (χ0n) is 20.5. The molecule has 7 nitrogen and oxygen atoms in total. The minimum absolute atomic E-state index is 0.0519. The molecule has 0 amide bonds. The molecule has 7 heteroatoms. The predicted octanol–water partition coefficient (Wildman–Crippen LogP) is 4.94. The molecule has 3 atom stereocenters. The molecular weight excluding hydrogens is 446 g/mol. The van der Waals surface area contributed by atoms with Crippen LogP contribution < -0.4 is 9.47 Å². The smallest absolute Gasteiger partial charge is 0.315 e. The maximum atomic E-state index is 13.6. The van der Waals surface area contributed by atoms with Crippen molar-refractivity contribution < 1.29 is 28.9 Å². The molecule has 2 aromatic rings. The highest BCUT2D eigenvalue weighted by Gasteiger charge is 2.44. The zero-order chi connectivity index (χ0) is 25.1. The van der Waals surface area contributed by atoms with E-state index in [2.05, 4.69) is 0 Å². The van der Waals surface area contributed by atoms with Gasteiger partial charge < -0.3 is 19.3 Å². The van der Waals surface area contributed by atoms with Crippen molar-refractivity contribution in [2.24, 2.45) is 10.9 Å². The minimum atomic E-state index is -0.719. The lowest BCUT2D eigenvalue weighted by Gasteiger charge is -2.36. The van der Waals surface area contributed by atoms with Gasteiger partial charge >= 0.3 is 5.97 Å². The van der Waals surface area contributed by atoms with Crippen molar-refractivity contribution in [3.8, 4) is 17.2 Å². The number of allylic oxidation sites excluding steroid dienone is 2. The summed E-state index contributed by atoms with van der Waals surface area (Å²) >= 11 is 0. The molecule has 0 spiro atoms. The van der Waals surface area contributed by atoms with Crippen molar-refractivity contribution >= 4 is 17.5 Å². The lowest BCUT2D eigenvalue weighted by Crippen LogP contribution is -2.38. The second-order valence-electron chi connectivity index (χ2n) is 8.97. The summed E-state index contributed by atoms with van der Waals surface area (Å²) < 4.78 is 16.3. The number of ketones is 1. The number of carbonyl (C=O) groups excluding carboxylic acids is 2. The van der Waals surface area contributed by atoms with Gasteiger partial charge in [0.05, 0.1) is 20.8 Å². The number of hydrogen-bond acceptors (Lipinski definition) is 7. The van der Waals surface area contributed by atoms with Gasteiger partial charge in [-0.15, -0.1) is 0 Å². The highest BCUT2D eigenvalue weighted by Crippen LogP contribution is 2.47. The number of carbonyl (C=O) groups is 2. The Labute approximate surface area is 205 Å². The van der Waals surface area contributed by atoms with Crippen LogP contribution in [0.3, 0.4) is 0 Å². The lowest BCUT2D eigenvalue weighted by molar-refractivity contribution is -0.146. The highest BCUT2D eigenvalue weighted by atomic mass is 16.5. The number of phenols is 1. The Balaban J connectivity index is 1.76. The predicted molar refractivity (Wildman–Crippen MR) is 132 cm³/mol. The van der Waals surface area contributed by atoms with Crippen LogP contribution in [0.2, 0.25) is 0 Å². The molecule has 0 radical (unpaired) electrons. The van der Waals surface area contributed by atoms with E-state index in [1.807, 2.05) is 38.1 Å². The van der Waals surface area contributed by atoms with E-state index in [-0.39, 0.29) is 23.9 Å². The summed E-state index contributed by atoms with van der Waals surface area (Å²) in [6.45, 7) is 4.04. The van der Waals surface area contributed by atoms with E-state index in [0.717, 1.165) is 5.56 Å². The number of methoxy groups -OCH3 is 2. The Kier molecular flexibility index (Phi) is 7.24. The van der Waals surface area contributed by atoms with Gasteiger partial charge in [-0.1, -0.05) is 25.1 Å². The van der Waals surface area contributed by atoms with E-state index in [1.54, 1.807) is 32.4 Å². The van der Waals surface area contributed by atoms with Gasteiger partial charge in [-0.25, -0.2) is 0 Å². The van der Waals surface area contributed by atoms with E-state index in [9.17, 15) is 14.7 Å². The Morgan fingerprint density at radius 1 is 1.06 bits per heavy atom. The summed E-state index contributed by atoms with van der Waals surface area (Å²) in [7, 11) is 3.17. The Hall–Kier alpha value is -3.61. The number of phenolic OH excluding ortho intramolecular Hbond substituents is 1. The van der Waals surface area contributed by atoms with Gasteiger partial charge in [0.1, 0.15) is 11.7 Å². The number of Topliss-reactive ketones (excluding diaryl/α,β-unsaturated/α-hetero) is 1. The summed E-state index contributed by atoms with van der Waals surface area (Å²) in [6, 6.07) is 12.4. The van der Waals surface area contributed by atoms with Gasteiger partial charge in [-0.3, -0.25) is 14.6 Å². The van der Waals surface area contributed by atoms with Crippen LogP contribution in [0.4, 0.5) is 0 Å². The van der Waals surface area contributed by atoms with Gasteiger partial charge in [0, 0.05) is 29.3 Å². The third kappa shape index (κ3) is 4.81. The Morgan fingerprint density at radius 2 is 1.83 bits per heavy atom. The average Bonchev–Trinajstić information content (AvgIpc) is 2.85. The number of esters is 1. The monoisotopic (exact) mass is 477 g/mol. The lowest BCUT2D eigenvalue weighted by atomic mass is 9.69. The molecule has 2 aliphatic rings. The van der Waals surface area contributed by atoms with E-state index >= 15 is 0 Å². The number of ether oxygens (including phenoxy) is 3. The molecule has 4 rings (SSSR count). The standard InChI is InChI=1S/C28H31NO6/c1-5-11-35-28(32)25-16(2)29-21-13-19(17-9-10-23(33-3)24(15-17)34-4)14-22(31)27(21)26(25)18-7-6-8-20(30)12-18/h6-10,12,15,19,25-26,30H,5,11,13-14H2,1-4H3/t19-,25?,26-/m1/s1. The second kappa shape index (κ2) is 10.3. The molecule has 1 N–H and O–H groups in total. The van der Waals surface area contributed by atoms with E-state index in [1.165, 1.54) is 0 Å². The largest absolute Gasteiger partial charge is 0.508 e. The summed E-state index contributed by atoms with van der Waals surface area (Å²) in [4.78, 5) is 31.5. The number of benzene rings is 2. The van der Waals surface area contributed by atoms with Crippen molar-refractivity contribution in [3.05, 3.63) is 64.9 Å². The molecule has 0 aromatic heterocycles. The SMILES string of the molecule is CCCOC(=O)C1C(C)=NC2=C(C(=O)C[C@H](c3ccc(OC)c(OC)c3)C2)[C@@H]1c1cccc(O)c1. The molecule has 1 aliphatic carbocycles. The number of hydrogen-bond donors (Lipinski definition) is 1. The van der Waals surface area contributed by atoms with E-state index < -0.39 is 17.8 Å². The summed E-state index contributed by atoms with van der Waals surface area (Å²) in [5.74, 6) is -0.490. The molecule has 1 unspecified atom stereocenters. The molecule has 0 bridgehead atoms. The van der Waals surface area contributed by atoms with Gasteiger partial charge in [0.25, 0.3) is 0 Å². The van der Waals surface area contributed by atoms with Crippen LogP contribution in [-0.2, 0) is 14.3 Å². The molecule has 1 heterocycles. The molecule has 1 aliphatic heterocycles. The Bertz CT molecular complexity index is 1200. The van der Waals surface area contributed by atoms with Crippen molar-refractivity contribution in [1.82, 2.24) is 0 Å². The van der Waals surface area contributed by atoms with Crippen molar-refractivity contribution in [1.29, 1.82) is 0 Å². The van der Waals surface area contributed by atoms with Crippen molar-refractivity contribution in [3.63, 3.8) is 0 Å². The van der Waals surface area contributed by atoms with Crippen molar-refractivity contribution in [2.75, 3.05) is 20.8 Å². The van der Waals surface area contributed by atoms with Gasteiger partial charge in [0.2, 0.25) is 0 Å². The maximum Gasteiger partial charge on any atom is 0.315 e. The summed E-state index contributed by atoms with van der Waals surface area (Å²) in [5.41, 5.74) is 3.50. The van der Waals surface area contributed by atoms with Gasteiger partial charge in [0.15, 0.2) is 17.3 Å². The zero-order valence-corrected chi connectivity index (χ0v) is 20.5. The molecule has 2 aromatic carbocycles. The van der Waals surface area contributed by atoms with Crippen LogP contribution in [0, 0.1) is 5.92 Å². The van der Waals surface area contributed by atoms with Crippen molar-refractivity contribution in [2.45, 2.75) is 44.9 Å². The van der Waals surface area contributed by atoms with E-state index in [4.69, 9.17) is 19.2 Å². The number of nitrogens with zero attached hydrogens (tertiary/aromatic N) is 1.